The van der Waals surface area contributed by atoms with E-state index in [4.69, 9.17) is 0 Å². The Labute approximate surface area is 118 Å². The van der Waals surface area contributed by atoms with Crippen LogP contribution >= 0.6 is 0 Å². The summed E-state index contributed by atoms with van der Waals surface area (Å²) in [5, 5.41) is 3.76. The van der Waals surface area contributed by atoms with Crippen molar-refractivity contribution in [2.75, 3.05) is 0 Å². The first-order valence-electron chi connectivity index (χ1n) is 7.94. The molecule has 2 rings (SSSR count). The van der Waals surface area contributed by atoms with Gasteiger partial charge in [-0.3, -0.25) is 0 Å². The number of hydrogen-bond donors (Lipinski definition) is 1. The van der Waals surface area contributed by atoms with Gasteiger partial charge in [-0.05, 0) is 43.6 Å². The molecule has 1 fully saturated rings. The Hall–Kier alpha value is -0.820. The highest BCUT2D eigenvalue weighted by molar-refractivity contribution is 5.22. The summed E-state index contributed by atoms with van der Waals surface area (Å²) >= 11 is 0. The molecular weight excluding hydrogens is 230 g/mol. The minimum Gasteiger partial charge on any atom is -0.310 e. The maximum Gasteiger partial charge on any atom is 0.0208 e. The molecule has 0 spiro atoms. The molecule has 1 nitrogen and oxygen atoms in total. The van der Waals surface area contributed by atoms with Crippen LogP contribution in [0.15, 0.2) is 24.3 Å². The zero-order valence-electron chi connectivity index (χ0n) is 12.8. The van der Waals surface area contributed by atoms with Crippen LogP contribution < -0.4 is 5.32 Å². The van der Waals surface area contributed by atoms with Crippen molar-refractivity contribution in [1.82, 2.24) is 5.32 Å². The van der Waals surface area contributed by atoms with Crippen molar-refractivity contribution in [3.63, 3.8) is 0 Å². The largest absolute Gasteiger partial charge is 0.310 e. The minimum atomic E-state index is 0.726. The van der Waals surface area contributed by atoms with Crippen molar-refractivity contribution in [2.45, 2.75) is 65.5 Å². The molecule has 1 aliphatic carbocycles. The fraction of sp³-hybridized carbons (Fsp3) is 0.667. The lowest BCUT2D eigenvalue weighted by atomic mass is 9.89. The number of nitrogens with one attached hydrogen (secondary N) is 1. The lowest BCUT2D eigenvalue weighted by Gasteiger charge is -2.19. The lowest BCUT2D eigenvalue weighted by Crippen LogP contribution is -2.28. The van der Waals surface area contributed by atoms with Crippen LogP contribution in [-0.4, -0.2) is 6.04 Å². The van der Waals surface area contributed by atoms with Crippen molar-refractivity contribution < 1.29 is 0 Å². The van der Waals surface area contributed by atoms with Crippen LogP contribution in [-0.2, 0) is 6.54 Å². The van der Waals surface area contributed by atoms with E-state index in [1.807, 2.05) is 0 Å². The van der Waals surface area contributed by atoms with Gasteiger partial charge in [0, 0.05) is 12.6 Å². The van der Waals surface area contributed by atoms with Gasteiger partial charge in [-0.1, -0.05) is 56.5 Å². The Kier molecular flexibility index (Phi) is 5.45. The Morgan fingerprint density at radius 1 is 1.16 bits per heavy atom. The van der Waals surface area contributed by atoms with Crippen LogP contribution in [0.25, 0.3) is 0 Å². The molecule has 0 bridgehead atoms. The van der Waals surface area contributed by atoms with Gasteiger partial charge in [-0.2, -0.15) is 0 Å². The number of hydrogen-bond acceptors (Lipinski definition) is 1. The monoisotopic (exact) mass is 259 g/mol. The van der Waals surface area contributed by atoms with E-state index in [1.165, 1.54) is 43.2 Å². The van der Waals surface area contributed by atoms with E-state index in [0.29, 0.717) is 0 Å². The molecule has 0 amide bonds. The van der Waals surface area contributed by atoms with Crippen LogP contribution in [0, 0.1) is 18.8 Å². The second-order valence-electron chi connectivity index (χ2n) is 6.58. The van der Waals surface area contributed by atoms with Gasteiger partial charge in [0.15, 0.2) is 0 Å². The summed E-state index contributed by atoms with van der Waals surface area (Å²) in [5.41, 5.74) is 2.78. The molecule has 0 radical (unpaired) electrons. The summed E-state index contributed by atoms with van der Waals surface area (Å²) in [6.45, 7) is 7.96. The number of aryl methyl sites for hydroxylation is 1. The van der Waals surface area contributed by atoms with Crippen LogP contribution in [0.1, 0.15) is 57.1 Å². The first-order valence-corrected chi connectivity index (χ1v) is 7.94. The fourth-order valence-electron chi connectivity index (χ4n) is 3.29. The molecule has 0 aliphatic heterocycles. The fourth-order valence-corrected chi connectivity index (χ4v) is 3.29. The van der Waals surface area contributed by atoms with Gasteiger partial charge in [0.05, 0.1) is 0 Å². The molecule has 1 N–H and O–H groups in total. The summed E-state index contributed by atoms with van der Waals surface area (Å²) in [6.07, 6.45) is 6.95. The summed E-state index contributed by atoms with van der Waals surface area (Å²) in [5.74, 6) is 1.81. The van der Waals surface area contributed by atoms with Crippen molar-refractivity contribution >= 4 is 0 Å². The first-order chi connectivity index (χ1) is 9.15. The normalized spacial score (nSPS) is 24.4. The van der Waals surface area contributed by atoms with Crippen molar-refractivity contribution in [3.8, 4) is 0 Å². The number of rotatable bonds is 4. The average Bonchev–Trinajstić information content (AvgIpc) is 2.62. The Morgan fingerprint density at radius 2 is 2.00 bits per heavy atom. The first kappa shape index (κ1) is 14.6. The molecule has 0 aromatic heterocycles. The quantitative estimate of drug-likeness (QED) is 0.774. The predicted molar refractivity (Wildman–Crippen MR) is 83.2 cm³/mol. The Balaban J connectivity index is 1.80. The van der Waals surface area contributed by atoms with Gasteiger partial charge < -0.3 is 5.32 Å². The summed E-state index contributed by atoms with van der Waals surface area (Å²) < 4.78 is 0. The van der Waals surface area contributed by atoms with Crippen LogP contribution in [0.5, 0.6) is 0 Å². The van der Waals surface area contributed by atoms with E-state index in [-0.39, 0.29) is 0 Å². The molecule has 1 aliphatic rings. The second-order valence-corrected chi connectivity index (χ2v) is 6.58. The molecular formula is C18H29N. The molecule has 0 saturated heterocycles. The summed E-state index contributed by atoms with van der Waals surface area (Å²) in [7, 11) is 0. The highest BCUT2D eigenvalue weighted by Gasteiger charge is 2.20. The van der Waals surface area contributed by atoms with E-state index >= 15 is 0 Å². The third kappa shape index (κ3) is 4.65. The molecule has 19 heavy (non-hydrogen) atoms. The molecule has 2 atom stereocenters. The van der Waals surface area contributed by atoms with E-state index in [1.54, 1.807) is 0 Å². The molecule has 2 unspecified atom stereocenters. The molecule has 1 saturated carbocycles. The van der Waals surface area contributed by atoms with Crippen molar-refractivity contribution in [3.05, 3.63) is 35.4 Å². The standard InChI is InChI=1S/C18H29N/c1-14(2)17-8-5-9-18(11-10-17)19-13-16-7-4-6-15(3)12-16/h4,6-7,12,14,17-19H,5,8-11,13H2,1-3H3. The van der Waals surface area contributed by atoms with Gasteiger partial charge in [-0.15, -0.1) is 0 Å². The van der Waals surface area contributed by atoms with Crippen molar-refractivity contribution in [1.29, 1.82) is 0 Å². The topological polar surface area (TPSA) is 12.0 Å². The third-order valence-corrected chi connectivity index (χ3v) is 4.63. The summed E-state index contributed by atoms with van der Waals surface area (Å²) in [4.78, 5) is 0. The van der Waals surface area contributed by atoms with Gasteiger partial charge >= 0.3 is 0 Å². The maximum atomic E-state index is 3.76. The van der Waals surface area contributed by atoms with Crippen molar-refractivity contribution in [2.24, 2.45) is 11.8 Å². The van der Waals surface area contributed by atoms with Gasteiger partial charge in [0.25, 0.3) is 0 Å². The highest BCUT2D eigenvalue weighted by atomic mass is 14.9. The summed E-state index contributed by atoms with van der Waals surface area (Å²) in [6, 6.07) is 9.58. The molecule has 106 valence electrons. The molecule has 1 aromatic rings. The maximum absolute atomic E-state index is 3.76. The van der Waals surface area contributed by atoms with Crippen LogP contribution in [0.4, 0.5) is 0 Å². The van der Waals surface area contributed by atoms with E-state index < -0.39 is 0 Å². The molecule has 1 heteroatoms. The predicted octanol–water partition coefficient (Wildman–Crippen LogP) is 4.69. The second kappa shape index (κ2) is 7.09. The zero-order chi connectivity index (χ0) is 13.7. The van der Waals surface area contributed by atoms with Gasteiger partial charge in [0.2, 0.25) is 0 Å². The highest BCUT2D eigenvalue weighted by Crippen LogP contribution is 2.28. The van der Waals surface area contributed by atoms with E-state index in [9.17, 15) is 0 Å². The molecule has 0 heterocycles. The minimum absolute atomic E-state index is 0.726. The Bertz CT molecular complexity index is 383. The number of benzene rings is 1. The smallest absolute Gasteiger partial charge is 0.0208 e. The van der Waals surface area contributed by atoms with Gasteiger partial charge in [-0.25, -0.2) is 0 Å². The third-order valence-electron chi connectivity index (χ3n) is 4.63. The average molecular weight is 259 g/mol. The van der Waals surface area contributed by atoms with Crippen LogP contribution in [0.2, 0.25) is 0 Å². The molecule has 1 aromatic carbocycles. The lowest BCUT2D eigenvalue weighted by molar-refractivity contribution is 0.337. The van der Waals surface area contributed by atoms with E-state index in [0.717, 1.165) is 24.4 Å². The SMILES string of the molecule is Cc1cccc(CNC2CCCC(C(C)C)CC2)c1. The van der Waals surface area contributed by atoms with E-state index in [2.05, 4.69) is 50.4 Å². The van der Waals surface area contributed by atoms with Crippen LogP contribution in [0.3, 0.4) is 0 Å². The zero-order valence-corrected chi connectivity index (χ0v) is 12.8. The van der Waals surface area contributed by atoms with Gasteiger partial charge in [0.1, 0.15) is 0 Å². The Morgan fingerprint density at radius 3 is 2.74 bits per heavy atom.